The second-order valence-corrected chi connectivity index (χ2v) is 12.9. The Hall–Kier alpha value is -3.94. The fourth-order valence-corrected chi connectivity index (χ4v) is 6.21. The Morgan fingerprint density at radius 2 is 1.70 bits per heavy atom. The second-order valence-electron chi connectivity index (χ2n) is 11.0. The number of rotatable bonds is 11. The van der Waals surface area contributed by atoms with Gasteiger partial charge in [-0.2, -0.15) is 4.31 Å². The zero-order valence-electron chi connectivity index (χ0n) is 24.2. The van der Waals surface area contributed by atoms with Crippen molar-refractivity contribution in [3.05, 3.63) is 89.8 Å². The fraction of sp³-hybridized carbons (Fsp3) is 0.367. The van der Waals surface area contributed by atoms with Gasteiger partial charge in [0.1, 0.15) is 23.4 Å². The number of aromatic nitrogens is 1. The van der Waals surface area contributed by atoms with Crippen LogP contribution in [0, 0.1) is 17.6 Å². The normalized spacial score (nSPS) is 16.2. The molecule has 1 fully saturated rings. The van der Waals surface area contributed by atoms with Gasteiger partial charge < -0.3 is 20.1 Å². The molecule has 1 aliphatic heterocycles. The van der Waals surface area contributed by atoms with Crippen LogP contribution in [-0.4, -0.2) is 73.8 Å². The van der Waals surface area contributed by atoms with E-state index in [1.165, 1.54) is 63.8 Å². The maximum Gasteiger partial charge on any atom is 0.324 e. The Balaban J connectivity index is 1.50. The number of nitrogens with two attached hydrogens (primary N) is 1. The summed E-state index contributed by atoms with van der Waals surface area (Å²) in [6.07, 6.45) is -0.0141. The predicted octanol–water partition coefficient (Wildman–Crippen LogP) is 2.86. The monoisotopic (exact) mass is 616 g/mol. The van der Waals surface area contributed by atoms with E-state index >= 15 is 0 Å². The lowest BCUT2D eigenvalue weighted by Gasteiger charge is -2.48. The van der Waals surface area contributed by atoms with Crippen LogP contribution in [0.3, 0.4) is 0 Å². The first-order valence-corrected chi connectivity index (χ1v) is 15.0. The van der Waals surface area contributed by atoms with Gasteiger partial charge in [0.2, 0.25) is 10.0 Å². The Labute approximate surface area is 249 Å². The van der Waals surface area contributed by atoms with Crippen molar-refractivity contribution in [3.63, 3.8) is 0 Å². The van der Waals surface area contributed by atoms with Gasteiger partial charge in [0.05, 0.1) is 29.9 Å². The maximum atomic E-state index is 13.6. The van der Waals surface area contributed by atoms with Crippen LogP contribution in [0.2, 0.25) is 0 Å². The summed E-state index contributed by atoms with van der Waals surface area (Å²) in [4.78, 5) is 30.5. The molecule has 1 aliphatic rings. The number of carbonyl (C=O) groups is 2. The van der Waals surface area contributed by atoms with Crippen molar-refractivity contribution in [2.45, 2.75) is 42.9 Å². The van der Waals surface area contributed by atoms with Crippen LogP contribution in [0.1, 0.15) is 25.1 Å². The lowest BCUT2D eigenvalue weighted by molar-refractivity contribution is -0.163. The van der Waals surface area contributed by atoms with Gasteiger partial charge >= 0.3 is 5.97 Å². The van der Waals surface area contributed by atoms with E-state index in [4.69, 9.17) is 15.2 Å². The SMILES string of the molecule is CC(C)C(OC(=O)[C@@H](N)Cc1cccc(S(=O)(=O)N2CC(Oc3ccc(F)cc3)(c3ccc(F)cn3)C2)c1)C(=O)N(C)C. The third-order valence-electron chi connectivity index (χ3n) is 7.01. The molecule has 1 amide bonds. The molecule has 0 saturated carbocycles. The van der Waals surface area contributed by atoms with Gasteiger partial charge in [0.25, 0.3) is 5.91 Å². The largest absolute Gasteiger partial charge is 0.478 e. The van der Waals surface area contributed by atoms with Crippen LogP contribution in [-0.2, 0) is 36.4 Å². The maximum absolute atomic E-state index is 13.6. The molecule has 4 rings (SSSR count). The highest BCUT2D eigenvalue weighted by atomic mass is 32.2. The second kappa shape index (κ2) is 12.7. The molecular weight excluding hydrogens is 582 g/mol. The number of pyridine rings is 1. The summed E-state index contributed by atoms with van der Waals surface area (Å²) in [5.74, 6) is -2.16. The van der Waals surface area contributed by atoms with Crippen LogP contribution >= 0.6 is 0 Å². The minimum atomic E-state index is -4.03. The molecule has 2 heterocycles. The van der Waals surface area contributed by atoms with Crippen LogP contribution in [0.25, 0.3) is 0 Å². The van der Waals surface area contributed by atoms with Crippen LogP contribution < -0.4 is 10.5 Å². The van der Waals surface area contributed by atoms with E-state index in [0.717, 1.165) is 6.20 Å². The Morgan fingerprint density at radius 3 is 2.28 bits per heavy atom. The number of ether oxygens (including phenoxy) is 2. The fourth-order valence-electron chi connectivity index (χ4n) is 4.60. The van der Waals surface area contributed by atoms with E-state index in [0.29, 0.717) is 17.0 Å². The summed E-state index contributed by atoms with van der Waals surface area (Å²) in [5.41, 5.74) is 5.64. The van der Waals surface area contributed by atoms with Gasteiger partial charge in [0, 0.05) is 14.1 Å². The lowest BCUT2D eigenvalue weighted by Crippen LogP contribution is -2.64. The molecule has 1 aromatic heterocycles. The summed E-state index contributed by atoms with van der Waals surface area (Å²) in [7, 11) is -0.913. The number of carbonyl (C=O) groups excluding carboxylic acids is 2. The number of sulfonamides is 1. The van der Waals surface area contributed by atoms with Gasteiger partial charge in [0.15, 0.2) is 11.7 Å². The van der Waals surface area contributed by atoms with E-state index in [2.05, 4.69) is 4.98 Å². The first-order valence-electron chi connectivity index (χ1n) is 13.5. The van der Waals surface area contributed by atoms with Crippen LogP contribution in [0.4, 0.5) is 8.78 Å². The molecule has 1 saturated heterocycles. The van der Waals surface area contributed by atoms with Gasteiger partial charge in [-0.15, -0.1) is 0 Å². The molecule has 230 valence electrons. The van der Waals surface area contributed by atoms with Crippen molar-refractivity contribution < 1.29 is 36.3 Å². The molecule has 0 spiro atoms. The summed E-state index contributed by atoms with van der Waals surface area (Å²) < 4.78 is 66.9. The summed E-state index contributed by atoms with van der Waals surface area (Å²) in [5, 5.41) is 0. The Kier molecular flexibility index (Phi) is 9.47. The highest BCUT2D eigenvalue weighted by molar-refractivity contribution is 7.89. The van der Waals surface area contributed by atoms with Gasteiger partial charge in [-0.3, -0.25) is 14.6 Å². The molecule has 43 heavy (non-hydrogen) atoms. The predicted molar refractivity (Wildman–Crippen MR) is 153 cm³/mol. The first-order chi connectivity index (χ1) is 20.2. The zero-order valence-corrected chi connectivity index (χ0v) is 25.1. The summed E-state index contributed by atoms with van der Waals surface area (Å²) in [6.45, 7) is 3.22. The molecule has 2 atom stereocenters. The first kappa shape index (κ1) is 32.0. The molecule has 10 nitrogen and oxygen atoms in total. The average molecular weight is 617 g/mol. The van der Waals surface area contributed by atoms with E-state index in [1.807, 2.05) is 0 Å². The van der Waals surface area contributed by atoms with Crippen molar-refractivity contribution >= 4 is 21.9 Å². The number of likely N-dealkylation sites (N-methyl/N-ethyl adjacent to an activating group) is 1. The molecule has 0 aliphatic carbocycles. The minimum absolute atomic E-state index is 0.0275. The van der Waals surface area contributed by atoms with E-state index in [9.17, 15) is 26.8 Å². The summed E-state index contributed by atoms with van der Waals surface area (Å²) in [6, 6.07) is 12.7. The third-order valence-corrected chi connectivity index (χ3v) is 8.80. The molecule has 2 N–H and O–H groups in total. The number of esters is 1. The highest BCUT2D eigenvalue weighted by Crippen LogP contribution is 2.39. The van der Waals surface area contributed by atoms with Gasteiger partial charge in [-0.1, -0.05) is 26.0 Å². The van der Waals surface area contributed by atoms with E-state index in [1.54, 1.807) is 34.0 Å². The standard InChI is InChI=1S/C30H34F2N4O6S/c1-19(2)27(28(37)35(3)4)41-29(38)25(33)15-20-6-5-7-24(14-20)43(39,40)36-17-30(18-36,26-13-10-22(32)16-34-26)42-23-11-8-21(31)9-12-23/h5-14,16,19,25,27H,15,17-18,33H2,1-4H3/t25-,27?/m0/s1. The third kappa shape index (κ3) is 7.17. The average Bonchev–Trinajstić information content (AvgIpc) is 2.94. The number of hydrogen-bond donors (Lipinski definition) is 1. The quantitative estimate of drug-likeness (QED) is 0.326. The summed E-state index contributed by atoms with van der Waals surface area (Å²) >= 11 is 0. The minimum Gasteiger partial charge on any atom is -0.478 e. The number of hydrogen-bond acceptors (Lipinski definition) is 8. The molecular formula is C30H34F2N4O6S. The van der Waals surface area contributed by atoms with Gasteiger partial charge in [-0.25, -0.2) is 17.2 Å². The van der Waals surface area contributed by atoms with Crippen LogP contribution in [0.5, 0.6) is 5.75 Å². The molecule has 2 aromatic carbocycles. The van der Waals surface area contributed by atoms with Crippen molar-refractivity contribution in [2.24, 2.45) is 11.7 Å². The lowest BCUT2D eigenvalue weighted by atomic mass is 9.91. The van der Waals surface area contributed by atoms with Gasteiger partial charge in [-0.05, 0) is 66.4 Å². The molecule has 1 unspecified atom stereocenters. The molecule has 0 bridgehead atoms. The van der Waals surface area contributed by atoms with Crippen molar-refractivity contribution in [1.29, 1.82) is 0 Å². The Morgan fingerprint density at radius 1 is 1.05 bits per heavy atom. The number of benzene rings is 2. The van der Waals surface area contributed by atoms with E-state index < -0.39 is 45.4 Å². The zero-order chi connectivity index (χ0) is 31.5. The topological polar surface area (TPSA) is 132 Å². The number of amides is 1. The number of halogens is 2. The Bertz CT molecular complexity index is 1560. The van der Waals surface area contributed by atoms with E-state index in [-0.39, 0.29) is 36.2 Å². The van der Waals surface area contributed by atoms with Crippen molar-refractivity contribution in [1.82, 2.24) is 14.2 Å². The highest BCUT2D eigenvalue weighted by Gasteiger charge is 2.53. The smallest absolute Gasteiger partial charge is 0.324 e. The van der Waals surface area contributed by atoms with Crippen molar-refractivity contribution in [3.8, 4) is 5.75 Å². The van der Waals surface area contributed by atoms with Crippen LogP contribution in [0.15, 0.2) is 71.8 Å². The molecule has 13 heteroatoms. The van der Waals surface area contributed by atoms with Crippen molar-refractivity contribution in [2.75, 3.05) is 27.2 Å². The molecule has 3 aromatic rings. The number of nitrogens with zero attached hydrogens (tertiary/aromatic N) is 3. The molecule has 0 radical (unpaired) electrons.